The molecule has 2 aromatic heterocycles. The van der Waals surface area contributed by atoms with Crippen LogP contribution in [0.2, 0.25) is 0 Å². The third kappa shape index (κ3) is 3.51. The Morgan fingerprint density at radius 2 is 2.06 bits per heavy atom. The largest absolute Gasteiger partial charge is 0.343 e. The smallest absolute Gasteiger partial charge is 0.177 e. The molecular formula is C13H21N5. The molecule has 18 heavy (non-hydrogen) atoms. The number of rotatable bonds is 8. The summed E-state index contributed by atoms with van der Waals surface area (Å²) in [5.41, 5.74) is 3.05. The molecule has 0 aliphatic heterocycles. The van der Waals surface area contributed by atoms with Crippen molar-refractivity contribution in [1.82, 2.24) is 25.6 Å². The van der Waals surface area contributed by atoms with E-state index < -0.39 is 0 Å². The second kappa shape index (κ2) is 7.08. The number of nitrogens with zero attached hydrogens (tertiary/aromatic N) is 2. The van der Waals surface area contributed by atoms with Gasteiger partial charge in [0.1, 0.15) is 0 Å². The lowest BCUT2D eigenvalue weighted by Gasteiger charge is -2.06. The topological polar surface area (TPSA) is 65.6 Å². The number of H-pyrrole nitrogens is 1. The summed E-state index contributed by atoms with van der Waals surface area (Å²) in [6.45, 7) is 6.25. The van der Waals surface area contributed by atoms with Crippen LogP contribution in [0.3, 0.4) is 0 Å². The summed E-state index contributed by atoms with van der Waals surface area (Å²) in [7, 11) is 0. The molecule has 0 unspecified atom stereocenters. The van der Waals surface area contributed by atoms with E-state index in [4.69, 9.17) is 0 Å². The molecule has 3 N–H and O–H groups in total. The minimum Gasteiger partial charge on any atom is -0.343 e. The van der Waals surface area contributed by atoms with Gasteiger partial charge in [0.2, 0.25) is 0 Å². The van der Waals surface area contributed by atoms with Gasteiger partial charge in [-0.3, -0.25) is 0 Å². The van der Waals surface area contributed by atoms with Gasteiger partial charge in [-0.25, -0.2) is 9.97 Å². The number of pyridine rings is 1. The van der Waals surface area contributed by atoms with Gasteiger partial charge in [0.05, 0.1) is 11.8 Å². The molecule has 0 saturated carbocycles. The fraction of sp³-hybridized carbons (Fsp3) is 0.538. The van der Waals surface area contributed by atoms with Gasteiger partial charge >= 0.3 is 0 Å². The van der Waals surface area contributed by atoms with Crippen LogP contribution < -0.4 is 10.6 Å². The van der Waals surface area contributed by atoms with Crippen molar-refractivity contribution in [2.24, 2.45) is 0 Å². The first-order chi connectivity index (χ1) is 8.92. The maximum absolute atomic E-state index is 4.20. The van der Waals surface area contributed by atoms with Crippen molar-refractivity contribution >= 4 is 11.2 Å². The summed E-state index contributed by atoms with van der Waals surface area (Å²) in [6, 6.07) is 2.03. The third-order valence-corrected chi connectivity index (χ3v) is 2.86. The third-order valence-electron chi connectivity index (χ3n) is 2.86. The average Bonchev–Trinajstić information content (AvgIpc) is 2.86. The van der Waals surface area contributed by atoms with Crippen molar-refractivity contribution in [2.45, 2.75) is 26.3 Å². The van der Waals surface area contributed by atoms with Crippen LogP contribution in [0, 0.1) is 0 Å². The molecule has 0 amide bonds. The monoisotopic (exact) mass is 247 g/mol. The summed E-state index contributed by atoms with van der Waals surface area (Å²) in [5.74, 6) is 0. The Balaban J connectivity index is 1.72. The molecule has 0 aliphatic carbocycles. The van der Waals surface area contributed by atoms with Gasteiger partial charge in [-0.05, 0) is 44.1 Å². The van der Waals surface area contributed by atoms with Crippen LogP contribution in [0.5, 0.6) is 0 Å². The van der Waals surface area contributed by atoms with Gasteiger partial charge < -0.3 is 15.6 Å². The van der Waals surface area contributed by atoms with Gasteiger partial charge in [-0.2, -0.15) is 0 Å². The van der Waals surface area contributed by atoms with Crippen LogP contribution >= 0.6 is 0 Å². The molecule has 5 heteroatoms. The Morgan fingerprint density at radius 3 is 2.94 bits per heavy atom. The molecule has 0 aromatic carbocycles. The highest BCUT2D eigenvalue weighted by atomic mass is 15.0. The number of fused-ring (bicyclic) bond motifs is 1. The zero-order valence-corrected chi connectivity index (χ0v) is 10.9. The lowest BCUT2D eigenvalue weighted by atomic mass is 10.2. The lowest BCUT2D eigenvalue weighted by molar-refractivity contribution is 0.593. The summed E-state index contributed by atoms with van der Waals surface area (Å²) in [4.78, 5) is 11.5. The highest BCUT2D eigenvalue weighted by Crippen LogP contribution is 2.11. The average molecular weight is 247 g/mol. The van der Waals surface area contributed by atoms with Gasteiger partial charge in [-0.1, -0.05) is 6.92 Å². The first kappa shape index (κ1) is 13.0. The highest BCUT2D eigenvalue weighted by molar-refractivity contribution is 5.73. The predicted molar refractivity (Wildman–Crippen MR) is 73.4 cm³/mol. The van der Waals surface area contributed by atoms with Crippen LogP contribution in [-0.2, 0) is 6.54 Å². The van der Waals surface area contributed by atoms with Gasteiger partial charge in [0.15, 0.2) is 5.65 Å². The van der Waals surface area contributed by atoms with Crippen LogP contribution in [0.1, 0.15) is 25.3 Å². The fourth-order valence-corrected chi connectivity index (χ4v) is 1.91. The van der Waals surface area contributed by atoms with Crippen molar-refractivity contribution in [3.63, 3.8) is 0 Å². The quantitative estimate of drug-likeness (QED) is 0.618. The Kier molecular flexibility index (Phi) is 5.11. The van der Waals surface area contributed by atoms with Crippen molar-refractivity contribution in [1.29, 1.82) is 0 Å². The molecule has 2 rings (SSSR count). The van der Waals surface area contributed by atoms with E-state index in [1.165, 1.54) is 12.0 Å². The van der Waals surface area contributed by atoms with Crippen molar-refractivity contribution < 1.29 is 0 Å². The summed E-state index contributed by atoms with van der Waals surface area (Å²) >= 11 is 0. The Hall–Kier alpha value is -1.46. The number of aromatic nitrogens is 3. The summed E-state index contributed by atoms with van der Waals surface area (Å²) in [5, 5.41) is 6.84. The number of hydrogen-bond donors (Lipinski definition) is 3. The molecule has 0 saturated heterocycles. The molecule has 0 aliphatic rings. The molecule has 0 atom stereocenters. The van der Waals surface area contributed by atoms with E-state index in [1.54, 1.807) is 6.33 Å². The van der Waals surface area contributed by atoms with Crippen molar-refractivity contribution in [3.8, 4) is 0 Å². The molecule has 2 heterocycles. The van der Waals surface area contributed by atoms with E-state index in [0.29, 0.717) is 0 Å². The second-order valence-electron chi connectivity index (χ2n) is 4.35. The predicted octanol–water partition coefficient (Wildman–Crippen LogP) is 1.44. The maximum Gasteiger partial charge on any atom is 0.177 e. The Bertz CT molecular complexity index is 465. The molecule has 0 spiro atoms. The van der Waals surface area contributed by atoms with Crippen molar-refractivity contribution in [2.75, 3.05) is 19.6 Å². The maximum atomic E-state index is 4.20. The number of imidazole rings is 1. The van der Waals surface area contributed by atoms with E-state index in [1.807, 2.05) is 12.3 Å². The molecule has 0 fully saturated rings. The summed E-state index contributed by atoms with van der Waals surface area (Å²) < 4.78 is 0. The number of hydrogen-bond acceptors (Lipinski definition) is 4. The van der Waals surface area contributed by atoms with Gasteiger partial charge in [-0.15, -0.1) is 0 Å². The highest BCUT2D eigenvalue weighted by Gasteiger charge is 2.02. The zero-order valence-electron chi connectivity index (χ0n) is 10.9. The number of nitrogens with one attached hydrogen (secondary N) is 3. The standard InChI is InChI=1S/C13H21N5/c1-2-5-14-6-3-7-15-9-11-4-8-16-13-12(11)17-10-18-13/h4,8,10,14-15H,2-3,5-7,9H2,1H3,(H,16,17,18). The van der Waals surface area contributed by atoms with Gasteiger partial charge in [0, 0.05) is 12.7 Å². The molecular weight excluding hydrogens is 226 g/mol. The summed E-state index contributed by atoms with van der Waals surface area (Å²) in [6.07, 6.45) is 5.85. The van der Waals surface area contributed by atoms with Crippen LogP contribution in [-0.4, -0.2) is 34.6 Å². The number of aromatic amines is 1. The molecule has 5 nitrogen and oxygen atoms in total. The first-order valence-electron chi connectivity index (χ1n) is 6.60. The SMILES string of the molecule is CCCNCCCNCc1ccnc2nc[nH]c12. The minimum absolute atomic E-state index is 0.791. The Labute approximate surface area is 107 Å². The van der Waals surface area contributed by atoms with E-state index in [2.05, 4.69) is 32.5 Å². The molecule has 98 valence electrons. The zero-order chi connectivity index (χ0) is 12.6. The molecule has 2 aromatic rings. The normalized spacial score (nSPS) is 11.2. The lowest BCUT2D eigenvalue weighted by Crippen LogP contribution is -2.22. The van der Waals surface area contributed by atoms with Crippen LogP contribution in [0.25, 0.3) is 11.2 Å². The van der Waals surface area contributed by atoms with Crippen LogP contribution in [0.4, 0.5) is 0 Å². The molecule has 0 bridgehead atoms. The Morgan fingerprint density at radius 1 is 1.17 bits per heavy atom. The van der Waals surface area contributed by atoms with Crippen LogP contribution in [0.15, 0.2) is 18.6 Å². The second-order valence-corrected chi connectivity index (χ2v) is 4.35. The van der Waals surface area contributed by atoms with Crippen molar-refractivity contribution in [3.05, 3.63) is 24.2 Å². The minimum atomic E-state index is 0.791. The first-order valence-corrected chi connectivity index (χ1v) is 6.60. The van der Waals surface area contributed by atoms with E-state index in [0.717, 1.165) is 43.8 Å². The van der Waals surface area contributed by atoms with E-state index in [-0.39, 0.29) is 0 Å². The van der Waals surface area contributed by atoms with E-state index >= 15 is 0 Å². The molecule has 0 radical (unpaired) electrons. The van der Waals surface area contributed by atoms with E-state index in [9.17, 15) is 0 Å². The fourth-order valence-electron chi connectivity index (χ4n) is 1.91. The van der Waals surface area contributed by atoms with Gasteiger partial charge in [0.25, 0.3) is 0 Å².